The molecule has 0 aromatic heterocycles. The van der Waals surface area contributed by atoms with Crippen LogP contribution in [0, 0.1) is 0 Å². The summed E-state index contributed by atoms with van der Waals surface area (Å²) in [4.78, 5) is 22.4. The van der Waals surface area contributed by atoms with Gasteiger partial charge in [0.2, 0.25) is 0 Å². The molecule has 0 saturated carbocycles. The molecule has 2 N–H and O–H groups in total. The molecule has 2 aromatic carbocycles. The second-order valence-corrected chi connectivity index (χ2v) is 33.6. The molecule has 0 bridgehead atoms. The molecule has 0 heterocycles. The fourth-order valence-electron chi connectivity index (χ4n) is 15.7. The summed E-state index contributed by atoms with van der Waals surface area (Å²) in [7, 11) is -1.87. The van der Waals surface area contributed by atoms with Gasteiger partial charge in [-0.25, -0.2) is 13.8 Å². The molecular formula is C94H178N2O5S+2. The van der Waals surface area contributed by atoms with Gasteiger partial charge in [0.05, 0.1) is 84.1 Å². The maximum Gasteiger partial charge on any atom is 0.336 e. The summed E-state index contributed by atoms with van der Waals surface area (Å²) in [5.41, 5.74) is -0.211. The molecule has 0 unspecified atom stereocenters. The highest BCUT2D eigenvalue weighted by Gasteiger charge is 2.28. The fraction of sp³-hybridized carbons (Fsp3) is 0.851. The van der Waals surface area contributed by atoms with Crippen LogP contribution >= 0.6 is 0 Å². The van der Waals surface area contributed by atoms with Gasteiger partial charge >= 0.3 is 11.9 Å². The van der Waals surface area contributed by atoms with Crippen molar-refractivity contribution < 1.29 is 33.0 Å². The lowest BCUT2D eigenvalue weighted by Gasteiger charge is -2.40. The lowest BCUT2D eigenvalue weighted by molar-refractivity contribution is -0.929. The number of aromatic carboxylic acids is 2. The minimum Gasteiger partial charge on any atom is -0.478 e. The smallest absolute Gasteiger partial charge is 0.336 e. The van der Waals surface area contributed by atoms with Crippen LogP contribution in [-0.2, 0) is 10.8 Å². The van der Waals surface area contributed by atoms with Gasteiger partial charge in [-0.15, -0.1) is 0 Å². The topological polar surface area (TPSA) is 91.7 Å². The Labute approximate surface area is 640 Å². The number of nitrogens with zero attached hydrogens (tertiary/aromatic N) is 2. The lowest BCUT2D eigenvalue weighted by atomic mass is 10.0. The van der Waals surface area contributed by atoms with Crippen molar-refractivity contribution in [2.45, 2.75) is 476 Å². The van der Waals surface area contributed by atoms with Crippen LogP contribution < -0.4 is 0 Å². The van der Waals surface area contributed by atoms with Crippen molar-refractivity contribution >= 4 is 22.7 Å². The lowest BCUT2D eigenvalue weighted by Crippen LogP contribution is -2.50. The predicted octanol–water partition coefficient (Wildman–Crippen LogP) is 31.0. The standard InChI is InChI=1S/2C40H84N.C14H10O5S/c2*1-5-9-13-17-21-25-29-33-37-41(38-34-30-26-22-18-14-10-6-2,39-35-31-27-23-19-15-11-7-3)40-36-32-28-24-20-16-12-8-4;15-13(16)9-5-1-3-7-11(9)20(19)12-8-4-2-6-10(12)14(17)18/h2*5-40H2,1-4H3;1-8H,(H,15,16)(H,17,18)/q2*+1;. The van der Waals surface area contributed by atoms with Gasteiger partial charge < -0.3 is 19.2 Å². The summed E-state index contributed by atoms with van der Waals surface area (Å²) in [6.45, 7) is 30.6. The minimum atomic E-state index is -1.87. The molecule has 8 heteroatoms. The van der Waals surface area contributed by atoms with Crippen molar-refractivity contribution in [3.63, 3.8) is 0 Å². The van der Waals surface area contributed by atoms with E-state index in [-0.39, 0.29) is 20.9 Å². The number of carbonyl (C=O) groups is 2. The summed E-state index contributed by atoms with van der Waals surface area (Å²) in [6, 6.07) is 11.7. The molecular weight excluding hydrogens is 1270 g/mol. The van der Waals surface area contributed by atoms with E-state index < -0.39 is 22.7 Å². The van der Waals surface area contributed by atoms with E-state index in [4.69, 9.17) is 10.2 Å². The highest BCUT2D eigenvalue weighted by Crippen LogP contribution is 2.27. The van der Waals surface area contributed by atoms with Crippen molar-refractivity contribution in [1.29, 1.82) is 0 Å². The van der Waals surface area contributed by atoms with Crippen LogP contribution in [0.2, 0.25) is 0 Å². The Bertz CT molecular complexity index is 1780. The van der Waals surface area contributed by atoms with Crippen LogP contribution in [0.4, 0.5) is 0 Å². The number of unbranched alkanes of at least 4 members (excludes halogenated alkanes) is 56. The highest BCUT2D eigenvalue weighted by atomic mass is 32.2. The van der Waals surface area contributed by atoms with Crippen molar-refractivity contribution in [1.82, 2.24) is 0 Å². The Morgan fingerprint density at radius 2 is 0.353 bits per heavy atom. The second-order valence-electron chi connectivity index (χ2n) is 32.1. The van der Waals surface area contributed by atoms with Gasteiger partial charge in [0.1, 0.15) is 0 Å². The number of quaternary nitrogens is 2. The number of benzene rings is 2. The van der Waals surface area contributed by atoms with E-state index in [0.717, 1.165) is 0 Å². The number of carboxylic acid groups (broad SMARTS) is 2. The van der Waals surface area contributed by atoms with E-state index in [2.05, 4.69) is 55.4 Å². The van der Waals surface area contributed by atoms with E-state index in [1.807, 2.05) is 0 Å². The summed E-state index contributed by atoms with van der Waals surface area (Å²) in [5.74, 6) is -2.41. The van der Waals surface area contributed by atoms with Crippen LogP contribution in [-0.4, -0.2) is 87.7 Å². The Morgan fingerprint density at radius 1 is 0.225 bits per heavy atom. The van der Waals surface area contributed by atoms with Gasteiger partial charge in [-0.3, -0.25) is 0 Å². The quantitative estimate of drug-likeness (QED) is 0.0509. The Morgan fingerprint density at radius 3 is 0.490 bits per heavy atom. The van der Waals surface area contributed by atoms with Gasteiger partial charge in [-0.2, -0.15) is 0 Å². The van der Waals surface area contributed by atoms with E-state index >= 15 is 0 Å². The third-order valence-electron chi connectivity index (χ3n) is 22.5. The maximum absolute atomic E-state index is 12.5. The molecule has 7 nitrogen and oxygen atoms in total. The molecule has 0 aliphatic rings. The van der Waals surface area contributed by atoms with Crippen LogP contribution in [0.1, 0.15) is 487 Å². The number of hydrogen-bond acceptors (Lipinski definition) is 3. The van der Waals surface area contributed by atoms with Gasteiger partial charge in [-0.1, -0.05) is 388 Å². The largest absolute Gasteiger partial charge is 0.478 e. The molecule has 2 rings (SSSR count). The summed E-state index contributed by atoms with van der Waals surface area (Å²) in [6.07, 6.45) is 93.5. The molecule has 2 aromatic rings. The maximum atomic E-state index is 12.5. The van der Waals surface area contributed by atoms with Gasteiger partial charge in [0.25, 0.3) is 0 Å². The zero-order valence-electron chi connectivity index (χ0n) is 70.0. The first kappa shape index (κ1) is 99.5. The monoisotopic (exact) mass is 1450 g/mol. The van der Waals surface area contributed by atoms with Crippen molar-refractivity contribution in [3.05, 3.63) is 59.7 Å². The van der Waals surface area contributed by atoms with Crippen molar-refractivity contribution in [3.8, 4) is 0 Å². The van der Waals surface area contributed by atoms with Gasteiger partial charge in [0, 0.05) is 0 Å². The second kappa shape index (κ2) is 76.6. The molecule has 0 aliphatic heterocycles. The summed E-state index contributed by atoms with van der Waals surface area (Å²) in [5, 5.41) is 18.2. The third kappa shape index (κ3) is 59.5. The SMILES string of the molecule is CCCCCCCCCC[N+](CCCCCCCCCC)(CCCCCCCCCC)CCCCCCCCCC.CCCCCCCCCC[N+](CCCCCCCCCC)(CCCCCCCCCC)CCCCCCCCCC.O=C(O)c1ccccc1S(=O)c1ccccc1C(=O)O. The van der Waals surface area contributed by atoms with E-state index in [9.17, 15) is 13.8 Å². The molecule has 0 aliphatic carbocycles. The van der Waals surface area contributed by atoms with Crippen molar-refractivity contribution in [2.24, 2.45) is 0 Å². The molecule has 0 atom stereocenters. The highest BCUT2D eigenvalue weighted by molar-refractivity contribution is 7.85. The fourth-order valence-corrected chi connectivity index (χ4v) is 17.1. The molecule has 0 amide bonds. The molecule has 0 radical (unpaired) electrons. The third-order valence-corrected chi connectivity index (χ3v) is 24.0. The molecule has 598 valence electrons. The van der Waals surface area contributed by atoms with E-state index in [0.29, 0.717) is 0 Å². The first-order valence-corrected chi connectivity index (χ1v) is 46.9. The normalized spacial score (nSPS) is 11.7. The first-order valence-electron chi connectivity index (χ1n) is 45.8. The number of carboxylic acids is 2. The van der Waals surface area contributed by atoms with Gasteiger partial charge in [0.15, 0.2) is 0 Å². The summed E-state index contributed by atoms with van der Waals surface area (Å²) < 4.78 is 15.4. The van der Waals surface area contributed by atoms with E-state index in [1.54, 1.807) is 12.1 Å². The minimum absolute atomic E-state index is 0.0775. The van der Waals surface area contributed by atoms with E-state index in [1.165, 1.54) is 509 Å². The van der Waals surface area contributed by atoms with Crippen molar-refractivity contribution in [2.75, 3.05) is 52.4 Å². The Kier molecular flexibility index (Phi) is 74.7. The Hall–Kier alpha value is -2.55. The molecule has 0 spiro atoms. The molecule has 0 fully saturated rings. The average Bonchev–Trinajstić information content (AvgIpc) is 0.811. The number of rotatable bonds is 76. The van der Waals surface area contributed by atoms with Crippen LogP contribution in [0.5, 0.6) is 0 Å². The Balaban J connectivity index is 0.00000158. The van der Waals surface area contributed by atoms with Crippen LogP contribution in [0.3, 0.4) is 0 Å². The predicted molar refractivity (Wildman–Crippen MR) is 452 cm³/mol. The number of hydrogen-bond donors (Lipinski definition) is 2. The average molecular weight is 1450 g/mol. The van der Waals surface area contributed by atoms with Crippen LogP contribution in [0.25, 0.3) is 0 Å². The molecule has 102 heavy (non-hydrogen) atoms. The zero-order chi connectivity index (χ0) is 74.6. The first-order chi connectivity index (χ1) is 50.0. The van der Waals surface area contributed by atoms with Crippen LogP contribution in [0.15, 0.2) is 58.3 Å². The summed E-state index contributed by atoms with van der Waals surface area (Å²) >= 11 is 0. The molecule has 0 saturated heterocycles. The van der Waals surface area contributed by atoms with Gasteiger partial charge in [-0.05, 0) is 127 Å². The zero-order valence-corrected chi connectivity index (χ0v) is 70.8.